The van der Waals surface area contributed by atoms with Crippen molar-refractivity contribution >= 4 is 23.0 Å². The number of thiocarbonyl (C=S) groups is 1. The number of nitrogens with two attached hydrogens (primary N) is 1. The minimum Gasteiger partial charge on any atom is -0.393 e. The van der Waals surface area contributed by atoms with E-state index in [2.05, 4.69) is 9.97 Å². The second kappa shape index (κ2) is 5.86. The van der Waals surface area contributed by atoms with E-state index >= 15 is 0 Å². The minimum absolute atomic E-state index is 0.00874. The monoisotopic (exact) mass is 256 g/mol. The van der Waals surface area contributed by atoms with Crippen LogP contribution in [0.15, 0.2) is 6.33 Å². The van der Waals surface area contributed by atoms with Gasteiger partial charge >= 0.3 is 0 Å². The highest BCUT2D eigenvalue weighted by atomic mass is 32.1. The molecule has 1 heterocycles. The molecule has 1 unspecified atom stereocenters. The van der Waals surface area contributed by atoms with Crippen molar-refractivity contribution in [1.29, 1.82) is 0 Å². The van der Waals surface area contributed by atoms with Gasteiger partial charge in [0.1, 0.15) is 6.33 Å². The second-order valence-electron chi connectivity index (χ2n) is 4.00. The summed E-state index contributed by atoms with van der Waals surface area (Å²) in [5.74, 6) is -0.0676. The summed E-state index contributed by atoms with van der Waals surface area (Å²) in [6, 6.07) is 0. The second-order valence-corrected chi connectivity index (χ2v) is 4.47. The number of hydrogen-bond donors (Lipinski definition) is 1. The van der Waals surface area contributed by atoms with Gasteiger partial charge in [0.05, 0.1) is 10.7 Å². The van der Waals surface area contributed by atoms with Crippen LogP contribution < -0.4 is 10.6 Å². The average Bonchev–Trinajstić information content (AvgIpc) is 2.28. The van der Waals surface area contributed by atoms with E-state index in [4.69, 9.17) is 18.0 Å². The summed E-state index contributed by atoms with van der Waals surface area (Å²) in [7, 11) is 1.76. The Balaban J connectivity index is 2.89. The highest BCUT2D eigenvalue weighted by Crippen LogP contribution is 2.17. The zero-order valence-electron chi connectivity index (χ0n) is 10.3. The predicted octanol–water partition coefficient (Wildman–Crippen LogP) is 1.54. The molecule has 0 bridgehead atoms. The average molecular weight is 256 g/mol. The van der Waals surface area contributed by atoms with Crippen molar-refractivity contribution in [3.8, 4) is 0 Å². The number of rotatable bonds is 5. The summed E-state index contributed by atoms with van der Waals surface area (Å²) in [6.07, 6.45) is 1.92. The smallest absolute Gasteiger partial charge is 0.187 e. The van der Waals surface area contributed by atoms with Gasteiger partial charge in [0, 0.05) is 19.5 Å². The van der Waals surface area contributed by atoms with Gasteiger partial charge in [-0.15, -0.1) is 0 Å². The maximum atomic E-state index is 13.9. The zero-order valence-corrected chi connectivity index (χ0v) is 11.1. The summed E-state index contributed by atoms with van der Waals surface area (Å²) in [6.45, 7) is 4.29. The van der Waals surface area contributed by atoms with Crippen LogP contribution in [0.3, 0.4) is 0 Å². The molecule has 1 atom stereocenters. The van der Waals surface area contributed by atoms with Crippen LogP contribution >= 0.6 is 12.2 Å². The first-order valence-corrected chi connectivity index (χ1v) is 5.88. The molecule has 0 aromatic carbocycles. The maximum Gasteiger partial charge on any atom is 0.187 e. The fourth-order valence-electron chi connectivity index (χ4n) is 1.50. The number of halogens is 1. The number of aromatic nitrogens is 2. The number of anilines is 1. The van der Waals surface area contributed by atoms with Crippen molar-refractivity contribution in [1.82, 2.24) is 9.97 Å². The lowest BCUT2D eigenvalue weighted by atomic mass is 10.1. The van der Waals surface area contributed by atoms with Crippen LogP contribution in [0.2, 0.25) is 0 Å². The molecule has 1 aromatic rings. The number of hydrogen-bond acceptors (Lipinski definition) is 4. The van der Waals surface area contributed by atoms with Crippen LogP contribution in [0.1, 0.15) is 19.5 Å². The van der Waals surface area contributed by atoms with Crippen LogP contribution in [0.25, 0.3) is 0 Å². The van der Waals surface area contributed by atoms with Gasteiger partial charge in [0.25, 0.3) is 0 Å². The van der Waals surface area contributed by atoms with Gasteiger partial charge < -0.3 is 10.6 Å². The molecule has 0 radical (unpaired) electrons. The summed E-state index contributed by atoms with van der Waals surface area (Å²) >= 11 is 4.89. The van der Waals surface area contributed by atoms with Crippen molar-refractivity contribution < 1.29 is 4.39 Å². The van der Waals surface area contributed by atoms with E-state index in [1.165, 1.54) is 6.33 Å². The molecule has 0 saturated carbocycles. The standard InChI is InChI=1S/C11H17FN4S/c1-4-8-9(12)11(15-6-14-8)16(3)5-7(2)10(13)17/h6-7H,4-5H2,1-3H3,(H2,13,17). The van der Waals surface area contributed by atoms with Crippen molar-refractivity contribution in [2.45, 2.75) is 20.3 Å². The third-order valence-corrected chi connectivity index (χ3v) is 2.98. The maximum absolute atomic E-state index is 13.9. The molecule has 17 heavy (non-hydrogen) atoms. The highest BCUT2D eigenvalue weighted by molar-refractivity contribution is 7.80. The predicted molar refractivity (Wildman–Crippen MR) is 70.6 cm³/mol. The van der Waals surface area contributed by atoms with E-state index in [1.54, 1.807) is 11.9 Å². The Labute approximate surface area is 106 Å². The molecule has 0 aliphatic heterocycles. The van der Waals surface area contributed by atoms with Crippen LogP contribution in [-0.4, -0.2) is 28.5 Å². The lowest BCUT2D eigenvalue weighted by Crippen LogP contribution is -2.32. The molecule has 2 N–H and O–H groups in total. The van der Waals surface area contributed by atoms with Gasteiger partial charge in [-0.25, -0.2) is 14.4 Å². The normalized spacial score (nSPS) is 12.2. The summed E-state index contributed by atoms with van der Waals surface area (Å²) in [5, 5.41) is 0. The van der Waals surface area contributed by atoms with Gasteiger partial charge in [-0.2, -0.15) is 0 Å². The minimum atomic E-state index is -0.368. The quantitative estimate of drug-likeness (QED) is 0.810. The molecular formula is C11H17FN4S. The molecule has 1 aromatic heterocycles. The molecule has 0 aliphatic rings. The summed E-state index contributed by atoms with van der Waals surface area (Å²) < 4.78 is 13.9. The largest absolute Gasteiger partial charge is 0.393 e. The molecule has 94 valence electrons. The Hall–Kier alpha value is -1.30. The molecule has 0 amide bonds. The molecule has 0 fully saturated rings. The van der Waals surface area contributed by atoms with E-state index in [1.807, 2.05) is 13.8 Å². The number of aryl methyl sites for hydroxylation is 1. The van der Waals surface area contributed by atoms with E-state index in [0.717, 1.165) is 0 Å². The van der Waals surface area contributed by atoms with E-state index in [9.17, 15) is 4.39 Å². The summed E-state index contributed by atoms with van der Waals surface area (Å²) in [4.78, 5) is 9.97. The Morgan fingerprint density at radius 3 is 2.76 bits per heavy atom. The third-order valence-electron chi connectivity index (χ3n) is 2.57. The van der Waals surface area contributed by atoms with Crippen molar-refractivity contribution in [2.24, 2.45) is 11.7 Å². The Morgan fingerprint density at radius 2 is 2.24 bits per heavy atom. The molecule has 4 nitrogen and oxygen atoms in total. The molecule has 0 saturated heterocycles. The first-order valence-electron chi connectivity index (χ1n) is 5.47. The molecule has 0 aliphatic carbocycles. The zero-order chi connectivity index (χ0) is 13.0. The lowest BCUT2D eigenvalue weighted by molar-refractivity contribution is 0.583. The van der Waals surface area contributed by atoms with E-state index in [0.29, 0.717) is 29.5 Å². The van der Waals surface area contributed by atoms with Gasteiger partial charge in [-0.3, -0.25) is 0 Å². The fraction of sp³-hybridized carbons (Fsp3) is 0.545. The van der Waals surface area contributed by atoms with Gasteiger partial charge in [-0.05, 0) is 6.42 Å². The van der Waals surface area contributed by atoms with Crippen LogP contribution in [0.4, 0.5) is 10.2 Å². The van der Waals surface area contributed by atoms with Gasteiger partial charge in [0.2, 0.25) is 0 Å². The van der Waals surface area contributed by atoms with Crippen LogP contribution in [-0.2, 0) is 6.42 Å². The Kier molecular flexibility index (Phi) is 4.74. The Bertz CT molecular complexity index is 410. The summed E-state index contributed by atoms with van der Waals surface area (Å²) in [5.41, 5.74) is 5.96. The van der Waals surface area contributed by atoms with Crippen LogP contribution in [0, 0.1) is 11.7 Å². The fourth-order valence-corrected chi connectivity index (χ4v) is 1.57. The lowest BCUT2D eigenvalue weighted by Gasteiger charge is -2.22. The van der Waals surface area contributed by atoms with E-state index < -0.39 is 0 Å². The van der Waals surface area contributed by atoms with Crippen molar-refractivity contribution in [3.05, 3.63) is 17.8 Å². The van der Waals surface area contributed by atoms with E-state index in [-0.39, 0.29) is 11.7 Å². The SMILES string of the molecule is CCc1ncnc(N(C)CC(C)C(N)=S)c1F. The van der Waals surface area contributed by atoms with Gasteiger partial charge in [0.15, 0.2) is 11.6 Å². The highest BCUT2D eigenvalue weighted by Gasteiger charge is 2.16. The van der Waals surface area contributed by atoms with Gasteiger partial charge in [-0.1, -0.05) is 26.1 Å². The number of nitrogens with zero attached hydrogens (tertiary/aromatic N) is 3. The van der Waals surface area contributed by atoms with Crippen molar-refractivity contribution in [2.75, 3.05) is 18.5 Å². The Morgan fingerprint density at radius 1 is 1.59 bits per heavy atom. The first-order chi connectivity index (χ1) is 7.97. The first kappa shape index (κ1) is 13.8. The molecule has 1 rings (SSSR count). The van der Waals surface area contributed by atoms with Crippen molar-refractivity contribution in [3.63, 3.8) is 0 Å². The van der Waals surface area contributed by atoms with Crippen LogP contribution in [0.5, 0.6) is 0 Å². The molecular weight excluding hydrogens is 239 g/mol. The topological polar surface area (TPSA) is 55.0 Å². The third kappa shape index (κ3) is 3.33. The molecule has 6 heteroatoms. The molecule has 0 spiro atoms.